The van der Waals surface area contributed by atoms with E-state index in [0.29, 0.717) is 22.3 Å². The Kier molecular flexibility index (Phi) is 5.29. The van der Waals surface area contributed by atoms with Gasteiger partial charge in [0, 0.05) is 43.3 Å². The van der Waals surface area contributed by atoms with E-state index in [9.17, 15) is 13.6 Å². The smallest absolute Gasteiger partial charge is 0.190 e. The molecule has 1 saturated carbocycles. The maximum absolute atomic E-state index is 12.8. The summed E-state index contributed by atoms with van der Waals surface area (Å²) in [5.74, 6) is 0. The molecule has 0 bridgehead atoms. The van der Waals surface area contributed by atoms with Gasteiger partial charge in [-0.25, -0.2) is 8.42 Å². The minimum absolute atomic E-state index is 0.244. The van der Waals surface area contributed by atoms with Gasteiger partial charge in [0.05, 0.1) is 10.1 Å². The summed E-state index contributed by atoms with van der Waals surface area (Å²) in [6.45, 7) is 5.64. The minimum atomic E-state index is -3.28. The lowest BCUT2D eigenvalue weighted by Crippen LogP contribution is -2.36. The third kappa shape index (κ3) is 4.12. The highest BCUT2D eigenvalue weighted by molar-refractivity contribution is 7.92. The predicted octanol–water partition coefficient (Wildman–Crippen LogP) is 3.05. The molecule has 2 aromatic rings. The van der Waals surface area contributed by atoms with Crippen molar-refractivity contribution in [2.75, 3.05) is 25.5 Å². The first-order valence-corrected chi connectivity index (χ1v) is 11.8. The number of hydrogen-bond acceptors (Lipinski definition) is 5. The van der Waals surface area contributed by atoms with Gasteiger partial charge in [-0.2, -0.15) is 4.73 Å². The molecule has 0 unspecified atom stereocenters. The van der Waals surface area contributed by atoms with E-state index in [4.69, 9.17) is 0 Å². The summed E-state index contributed by atoms with van der Waals surface area (Å²) in [7, 11) is -1.15. The van der Waals surface area contributed by atoms with Gasteiger partial charge in [-0.1, -0.05) is 0 Å². The zero-order chi connectivity index (χ0) is 20.8. The Morgan fingerprint density at radius 2 is 1.66 bits per heavy atom. The first-order chi connectivity index (χ1) is 13.8. The number of hydrogen-bond donors (Lipinski definition) is 1. The molecule has 1 aromatic carbocycles. The van der Waals surface area contributed by atoms with Gasteiger partial charge in [-0.15, -0.1) is 0 Å². The Labute approximate surface area is 173 Å². The molecule has 0 radical (unpaired) electrons. The van der Waals surface area contributed by atoms with Crippen molar-refractivity contribution in [2.24, 2.45) is 0 Å². The normalized spacial score (nSPS) is 18.7. The molecule has 2 heterocycles. The van der Waals surface area contributed by atoms with Crippen LogP contribution in [-0.2, 0) is 9.84 Å². The zero-order valence-corrected chi connectivity index (χ0v) is 18.1. The number of aromatic nitrogens is 1. The molecule has 2 aliphatic rings. The molecule has 1 N–H and O–H groups in total. The van der Waals surface area contributed by atoms with Gasteiger partial charge >= 0.3 is 0 Å². The van der Waals surface area contributed by atoms with E-state index in [2.05, 4.69) is 17.3 Å². The van der Waals surface area contributed by atoms with Crippen molar-refractivity contribution < 1.29 is 13.1 Å². The third-order valence-electron chi connectivity index (χ3n) is 6.04. The summed E-state index contributed by atoms with van der Waals surface area (Å²) < 4.78 is 26.5. The number of piperidine rings is 1. The second-order valence-electron chi connectivity index (χ2n) is 8.49. The van der Waals surface area contributed by atoms with Crippen LogP contribution in [0.4, 0.5) is 5.69 Å². The lowest BCUT2D eigenvalue weighted by molar-refractivity contribution is -0.619. The Hall–Kier alpha value is -2.12. The third-order valence-corrected chi connectivity index (χ3v) is 8.30. The van der Waals surface area contributed by atoms with E-state index < -0.39 is 9.84 Å². The van der Waals surface area contributed by atoms with Gasteiger partial charge in [0.1, 0.15) is 0 Å². The number of aryl methyl sites for hydroxylation is 2. The SMILES string of the molecule is Cc1cc(-c2cc(S(=O)(=O)C3CC3)ccc2NC2CCN(C)CC2)cc(C)[n+]1[O-]. The van der Waals surface area contributed by atoms with Crippen LogP contribution in [0, 0.1) is 19.1 Å². The number of pyridine rings is 1. The quantitative estimate of drug-likeness (QED) is 0.600. The van der Waals surface area contributed by atoms with Crippen LogP contribution < -0.4 is 10.0 Å². The summed E-state index contributed by atoms with van der Waals surface area (Å²) in [5, 5.41) is 15.5. The Bertz CT molecular complexity index is 1000. The van der Waals surface area contributed by atoms with Gasteiger partial charge < -0.3 is 15.4 Å². The van der Waals surface area contributed by atoms with Crippen molar-refractivity contribution >= 4 is 15.5 Å². The van der Waals surface area contributed by atoms with Gasteiger partial charge in [-0.3, -0.25) is 0 Å². The topological polar surface area (TPSA) is 76.4 Å². The lowest BCUT2D eigenvalue weighted by Gasteiger charge is -2.31. The van der Waals surface area contributed by atoms with Crippen LogP contribution in [0.5, 0.6) is 0 Å². The summed E-state index contributed by atoms with van der Waals surface area (Å²) in [6, 6.07) is 9.43. The number of nitrogens with one attached hydrogen (secondary N) is 1. The van der Waals surface area contributed by atoms with E-state index in [1.807, 2.05) is 18.2 Å². The van der Waals surface area contributed by atoms with Crippen molar-refractivity contribution in [1.82, 2.24) is 4.90 Å². The molecule has 0 amide bonds. The average molecular weight is 416 g/mol. The molecule has 6 nitrogen and oxygen atoms in total. The number of sulfone groups is 1. The first kappa shape index (κ1) is 20.2. The van der Waals surface area contributed by atoms with Crippen LogP contribution in [0.25, 0.3) is 11.1 Å². The fourth-order valence-corrected chi connectivity index (χ4v) is 5.73. The molecule has 0 spiro atoms. The van der Waals surface area contributed by atoms with Gasteiger partial charge in [-0.05, 0) is 69.6 Å². The first-order valence-electron chi connectivity index (χ1n) is 10.3. The molecule has 0 atom stereocenters. The molecule has 1 saturated heterocycles. The second kappa shape index (κ2) is 7.61. The van der Waals surface area contributed by atoms with Crippen LogP contribution >= 0.6 is 0 Å². The largest absolute Gasteiger partial charge is 0.618 e. The standard InChI is InChI=1S/C22H29N3O3S/c1-15-12-17(13-16(2)25(15)26)21-14-20(29(27,28)19-4-5-19)6-7-22(21)23-18-8-10-24(3)11-9-18/h6-7,12-14,18-19,23H,4-5,8-11H2,1-3H3. The Balaban J connectivity index is 1.76. The predicted molar refractivity (Wildman–Crippen MR) is 115 cm³/mol. The van der Waals surface area contributed by atoms with E-state index >= 15 is 0 Å². The maximum Gasteiger partial charge on any atom is 0.190 e. The summed E-state index contributed by atoms with van der Waals surface area (Å²) in [4.78, 5) is 2.69. The van der Waals surface area contributed by atoms with Crippen molar-refractivity contribution in [3.63, 3.8) is 0 Å². The lowest BCUT2D eigenvalue weighted by atomic mass is 10.00. The van der Waals surface area contributed by atoms with Crippen molar-refractivity contribution in [2.45, 2.75) is 55.7 Å². The maximum atomic E-state index is 12.8. The molecule has 29 heavy (non-hydrogen) atoms. The van der Waals surface area contributed by atoms with E-state index in [1.54, 1.807) is 26.0 Å². The Morgan fingerprint density at radius 1 is 1.03 bits per heavy atom. The molecule has 1 aliphatic carbocycles. The molecule has 7 heteroatoms. The van der Waals surface area contributed by atoms with E-state index in [-0.39, 0.29) is 5.25 Å². The van der Waals surface area contributed by atoms with Crippen LogP contribution in [0.1, 0.15) is 37.1 Å². The summed E-state index contributed by atoms with van der Waals surface area (Å²) >= 11 is 0. The molecule has 4 rings (SSSR count). The highest BCUT2D eigenvalue weighted by Crippen LogP contribution is 2.38. The van der Waals surface area contributed by atoms with Crippen LogP contribution in [-0.4, -0.2) is 44.7 Å². The number of rotatable bonds is 5. The molecule has 1 aromatic heterocycles. The molecule has 2 fully saturated rings. The van der Waals surface area contributed by atoms with E-state index in [1.165, 1.54) is 0 Å². The molecule has 156 valence electrons. The average Bonchev–Trinajstić information content (AvgIpc) is 3.53. The summed E-state index contributed by atoms with van der Waals surface area (Å²) in [5.41, 5.74) is 3.84. The number of likely N-dealkylation sites (tertiary alicyclic amines) is 1. The van der Waals surface area contributed by atoms with Gasteiger partial charge in [0.2, 0.25) is 0 Å². The summed E-state index contributed by atoms with van der Waals surface area (Å²) in [6.07, 6.45) is 3.58. The zero-order valence-electron chi connectivity index (χ0n) is 17.3. The van der Waals surface area contributed by atoms with Gasteiger partial charge in [0.15, 0.2) is 21.2 Å². The van der Waals surface area contributed by atoms with Crippen LogP contribution in [0.15, 0.2) is 35.2 Å². The molecular formula is C22H29N3O3S. The molecule has 1 aliphatic heterocycles. The number of anilines is 1. The van der Waals surface area contributed by atoms with Crippen LogP contribution in [0.2, 0.25) is 0 Å². The second-order valence-corrected chi connectivity index (χ2v) is 10.7. The van der Waals surface area contributed by atoms with Crippen molar-refractivity contribution in [1.29, 1.82) is 0 Å². The van der Waals surface area contributed by atoms with Gasteiger partial charge in [0.25, 0.3) is 0 Å². The fraction of sp³-hybridized carbons (Fsp3) is 0.500. The number of benzene rings is 1. The van der Waals surface area contributed by atoms with Crippen molar-refractivity contribution in [3.05, 3.63) is 46.9 Å². The highest BCUT2D eigenvalue weighted by Gasteiger charge is 2.37. The fourth-order valence-electron chi connectivity index (χ4n) is 4.05. The van der Waals surface area contributed by atoms with E-state index in [0.717, 1.165) is 60.3 Å². The van der Waals surface area contributed by atoms with Crippen LogP contribution in [0.3, 0.4) is 0 Å². The van der Waals surface area contributed by atoms with Crippen molar-refractivity contribution in [3.8, 4) is 11.1 Å². The molecular weight excluding hydrogens is 386 g/mol. The highest BCUT2D eigenvalue weighted by atomic mass is 32.2. The monoisotopic (exact) mass is 415 g/mol. The minimum Gasteiger partial charge on any atom is -0.618 e. The Morgan fingerprint density at radius 3 is 2.24 bits per heavy atom. The number of nitrogens with zero attached hydrogens (tertiary/aromatic N) is 2.